The molecule has 4 nitrogen and oxygen atoms in total. The molecule has 1 fully saturated rings. The number of benzene rings is 1. The summed E-state index contributed by atoms with van der Waals surface area (Å²) in [6, 6.07) is 8.92. The van der Waals surface area contributed by atoms with E-state index in [0.717, 1.165) is 5.56 Å². The van der Waals surface area contributed by atoms with Crippen LogP contribution in [0, 0.1) is 0 Å². The third-order valence-corrected chi connectivity index (χ3v) is 2.74. The zero-order chi connectivity index (χ0) is 11.5. The van der Waals surface area contributed by atoms with Crippen LogP contribution < -0.4 is 5.73 Å². The van der Waals surface area contributed by atoms with Crippen LogP contribution in [-0.4, -0.2) is 22.8 Å². The number of carbonyl (C=O) groups excluding carboxylic acids is 2. The van der Waals surface area contributed by atoms with E-state index in [-0.39, 0.29) is 11.8 Å². The van der Waals surface area contributed by atoms with Crippen LogP contribution in [0.2, 0.25) is 0 Å². The smallest absolute Gasteiger partial charge is 0.246 e. The summed E-state index contributed by atoms with van der Waals surface area (Å²) in [6.07, 6.45) is 0.822. The topological polar surface area (TPSA) is 63.4 Å². The lowest BCUT2D eigenvalue weighted by molar-refractivity contribution is -0.149. The summed E-state index contributed by atoms with van der Waals surface area (Å²) in [7, 11) is 0. The average molecular weight is 218 g/mol. The van der Waals surface area contributed by atoms with E-state index >= 15 is 0 Å². The number of amides is 2. The first kappa shape index (κ1) is 10.8. The molecular weight excluding hydrogens is 204 g/mol. The van der Waals surface area contributed by atoms with Gasteiger partial charge in [0.2, 0.25) is 11.8 Å². The molecule has 2 N–H and O–H groups in total. The Kier molecular flexibility index (Phi) is 3.01. The van der Waals surface area contributed by atoms with Gasteiger partial charge in [-0.15, -0.1) is 0 Å². The summed E-state index contributed by atoms with van der Waals surface area (Å²) < 4.78 is 0. The number of carbonyl (C=O) groups is 2. The average Bonchev–Trinajstić information content (AvgIpc) is 2.31. The molecule has 16 heavy (non-hydrogen) atoms. The Bertz CT molecular complexity index is 403. The summed E-state index contributed by atoms with van der Waals surface area (Å²) in [5, 5.41) is 0. The Morgan fingerprint density at radius 2 is 1.94 bits per heavy atom. The highest BCUT2D eigenvalue weighted by atomic mass is 16.2. The van der Waals surface area contributed by atoms with Crippen molar-refractivity contribution in [3.8, 4) is 0 Å². The standard InChI is InChI=1S/C12H14N2O2/c13-10-6-7-11(15)14(12(10)16)8-9-4-2-1-3-5-9/h1-5,10H,6-8,13H2. The largest absolute Gasteiger partial charge is 0.320 e. The molecule has 84 valence electrons. The van der Waals surface area contributed by atoms with Gasteiger partial charge in [-0.05, 0) is 12.0 Å². The minimum absolute atomic E-state index is 0.129. The Morgan fingerprint density at radius 1 is 1.25 bits per heavy atom. The number of nitrogens with two attached hydrogens (primary N) is 1. The summed E-state index contributed by atoms with van der Waals surface area (Å²) >= 11 is 0. The molecule has 1 aliphatic heterocycles. The third-order valence-electron chi connectivity index (χ3n) is 2.74. The zero-order valence-corrected chi connectivity index (χ0v) is 8.93. The summed E-state index contributed by atoms with van der Waals surface area (Å²) in [5.74, 6) is -0.393. The van der Waals surface area contributed by atoms with Gasteiger partial charge in [-0.2, -0.15) is 0 Å². The Hall–Kier alpha value is -1.68. The fourth-order valence-electron chi connectivity index (χ4n) is 1.79. The highest BCUT2D eigenvalue weighted by Crippen LogP contribution is 2.15. The summed E-state index contributed by atoms with van der Waals surface area (Å²) in [5.41, 5.74) is 6.58. The van der Waals surface area contributed by atoms with Crippen molar-refractivity contribution in [3.05, 3.63) is 35.9 Å². The number of nitrogens with zero attached hydrogens (tertiary/aromatic N) is 1. The molecule has 1 aromatic rings. The Balaban J connectivity index is 2.13. The molecule has 4 heteroatoms. The molecule has 0 spiro atoms. The summed E-state index contributed by atoms with van der Waals surface area (Å²) in [4.78, 5) is 24.6. The Labute approximate surface area is 94.0 Å². The van der Waals surface area contributed by atoms with Crippen molar-refractivity contribution in [1.82, 2.24) is 4.90 Å². The van der Waals surface area contributed by atoms with Gasteiger partial charge in [0.1, 0.15) is 0 Å². The van der Waals surface area contributed by atoms with E-state index in [1.165, 1.54) is 4.90 Å². The fourth-order valence-corrected chi connectivity index (χ4v) is 1.79. The molecule has 1 saturated heterocycles. The van der Waals surface area contributed by atoms with E-state index < -0.39 is 6.04 Å². The second kappa shape index (κ2) is 4.45. The van der Waals surface area contributed by atoms with Crippen LogP contribution in [-0.2, 0) is 16.1 Å². The van der Waals surface area contributed by atoms with Crippen molar-refractivity contribution in [2.45, 2.75) is 25.4 Å². The first-order chi connectivity index (χ1) is 7.68. The maximum Gasteiger partial charge on any atom is 0.246 e. The third kappa shape index (κ3) is 2.12. The molecule has 1 atom stereocenters. The van der Waals surface area contributed by atoms with Gasteiger partial charge in [-0.3, -0.25) is 14.5 Å². The van der Waals surface area contributed by atoms with E-state index in [1.807, 2.05) is 30.3 Å². The molecule has 0 bridgehead atoms. The van der Waals surface area contributed by atoms with Crippen molar-refractivity contribution < 1.29 is 9.59 Å². The normalized spacial score (nSPS) is 21.3. The first-order valence-electron chi connectivity index (χ1n) is 5.32. The summed E-state index contributed by atoms with van der Waals surface area (Å²) in [6.45, 7) is 0.326. The van der Waals surface area contributed by atoms with Crippen molar-refractivity contribution in [1.29, 1.82) is 0 Å². The molecule has 2 rings (SSSR count). The van der Waals surface area contributed by atoms with Gasteiger partial charge in [0, 0.05) is 6.42 Å². The molecule has 1 heterocycles. The fraction of sp³-hybridized carbons (Fsp3) is 0.333. The quantitative estimate of drug-likeness (QED) is 0.742. The van der Waals surface area contributed by atoms with Crippen molar-refractivity contribution in [3.63, 3.8) is 0 Å². The lowest BCUT2D eigenvalue weighted by Gasteiger charge is -2.28. The van der Waals surface area contributed by atoms with Crippen LogP contribution >= 0.6 is 0 Å². The minimum atomic E-state index is -0.526. The van der Waals surface area contributed by atoms with Gasteiger partial charge < -0.3 is 5.73 Å². The highest BCUT2D eigenvalue weighted by molar-refractivity contribution is 6.00. The zero-order valence-electron chi connectivity index (χ0n) is 8.93. The predicted octanol–water partition coefficient (Wildman–Crippen LogP) is 0.663. The second-order valence-corrected chi connectivity index (χ2v) is 3.95. The molecule has 1 unspecified atom stereocenters. The number of likely N-dealkylation sites (tertiary alicyclic amines) is 1. The highest BCUT2D eigenvalue weighted by Gasteiger charge is 2.31. The van der Waals surface area contributed by atoms with Gasteiger partial charge in [-0.25, -0.2) is 0 Å². The molecule has 1 aromatic carbocycles. The van der Waals surface area contributed by atoms with Gasteiger partial charge in [0.05, 0.1) is 12.6 Å². The lowest BCUT2D eigenvalue weighted by Crippen LogP contribution is -2.50. The molecule has 2 amide bonds. The van der Waals surface area contributed by atoms with Crippen molar-refractivity contribution in [2.24, 2.45) is 5.73 Å². The maximum absolute atomic E-state index is 11.7. The number of hydrogen-bond donors (Lipinski definition) is 1. The monoisotopic (exact) mass is 218 g/mol. The second-order valence-electron chi connectivity index (χ2n) is 3.95. The van der Waals surface area contributed by atoms with E-state index in [0.29, 0.717) is 19.4 Å². The number of hydrogen-bond acceptors (Lipinski definition) is 3. The first-order valence-corrected chi connectivity index (χ1v) is 5.32. The van der Waals surface area contributed by atoms with E-state index in [1.54, 1.807) is 0 Å². The maximum atomic E-state index is 11.7. The van der Waals surface area contributed by atoms with Crippen LogP contribution in [0.3, 0.4) is 0 Å². The predicted molar refractivity (Wildman–Crippen MR) is 59.2 cm³/mol. The molecule has 0 saturated carbocycles. The van der Waals surface area contributed by atoms with Crippen LogP contribution in [0.15, 0.2) is 30.3 Å². The van der Waals surface area contributed by atoms with E-state index in [9.17, 15) is 9.59 Å². The molecular formula is C12H14N2O2. The molecule has 0 radical (unpaired) electrons. The van der Waals surface area contributed by atoms with E-state index in [2.05, 4.69) is 0 Å². The molecule has 0 aliphatic carbocycles. The van der Waals surface area contributed by atoms with Crippen LogP contribution in [0.4, 0.5) is 0 Å². The lowest BCUT2D eigenvalue weighted by atomic mass is 10.0. The van der Waals surface area contributed by atoms with Crippen LogP contribution in [0.5, 0.6) is 0 Å². The van der Waals surface area contributed by atoms with Crippen LogP contribution in [0.1, 0.15) is 18.4 Å². The van der Waals surface area contributed by atoms with Crippen molar-refractivity contribution >= 4 is 11.8 Å². The SMILES string of the molecule is NC1CCC(=O)N(Cc2ccccc2)C1=O. The van der Waals surface area contributed by atoms with Gasteiger partial charge >= 0.3 is 0 Å². The van der Waals surface area contributed by atoms with Gasteiger partial charge in [-0.1, -0.05) is 30.3 Å². The number of imide groups is 1. The number of rotatable bonds is 2. The molecule has 0 aromatic heterocycles. The van der Waals surface area contributed by atoms with Crippen LogP contribution in [0.25, 0.3) is 0 Å². The minimum Gasteiger partial charge on any atom is -0.320 e. The van der Waals surface area contributed by atoms with Gasteiger partial charge in [0.25, 0.3) is 0 Å². The Morgan fingerprint density at radius 3 is 2.62 bits per heavy atom. The molecule has 1 aliphatic rings. The number of piperidine rings is 1. The van der Waals surface area contributed by atoms with Gasteiger partial charge in [0.15, 0.2) is 0 Å². The van der Waals surface area contributed by atoms with Crippen molar-refractivity contribution in [2.75, 3.05) is 0 Å². The van der Waals surface area contributed by atoms with E-state index in [4.69, 9.17) is 5.73 Å².